The van der Waals surface area contributed by atoms with E-state index >= 15 is 0 Å². The summed E-state index contributed by atoms with van der Waals surface area (Å²) in [5, 5.41) is 12.8. The van der Waals surface area contributed by atoms with E-state index in [1.807, 2.05) is 27.1 Å². The number of rotatable bonds is 7. The Labute approximate surface area is 121 Å². The van der Waals surface area contributed by atoms with E-state index in [4.69, 9.17) is 0 Å². The molecule has 4 nitrogen and oxygen atoms in total. The molecule has 1 aromatic carbocycles. The first kappa shape index (κ1) is 16.5. The van der Waals surface area contributed by atoms with Gasteiger partial charge in [0.1, 0.15) is 0 Å². The number of para-hydroxylation sites is 1. The fourth-order valence-corrected chi connectivity index (χ4v) is 2.43. The van der Waals surface area contributed by atoms with Crippen LogP contribution in [0.2, 0.25) is 0 Å². The number of aromatic carboxylic acids is 1. The van der Waals surface area contributed by atoms with Crippen LogP contribution < -0.4 is 5.32 Å². The van der Waals surface area contributed by atoms with Crippen LogP contribution in [0, 0.1) is 12.8 Å². The first-order valence-corrected chi connectivity index (χ1v) is 7.05. The highest BCUT2D eigenvalue weighted by molar-refractivity contribution is 5.95. The van der Waals surface area contributed by atoms with Crippen LogP contribution in [0.1, 0.15) is 36.2 Å². The predicted octanol–water partition coefficient (Wildman–Crippen LogP) is 3.08. The van der Waals surface area contributed by atoms with Crippen LogP contribution in [-0.4, -0.2) is 42.7 Å². The Balaban J connectivity index is 3.00. The number of nitrogens with one attached hydrogen (secondary N) is 1. The third-order valence-electron chi connectivity index (χ3n) is 3.19. The molecule has 0 saturated heterocycles. The Morgan fingerprint density at radius 2 is 2.00 bits per heavy atom. The lowest BCUT2D eigenvalue weighted by Gasteiger charge is -2.26. The number of benzene rings is 1. The maximum absolute atomic E-state index is 11.3. The highest BCUT2D eigenvalue weighted by Gasteiger charge is 2.17. The lowest BCUT2D eigenvalue weighted by Crippen LogP contribution is -2.34. The van der Waals surface area contributed by atoms with Crippen molar-refractivity contribution < 1.29 is 9.90 Å². The summed E-state index contributed by atoms with van der Waals surface area (Å²) in [5.41, 5.74) is 2.06. The predicted molar refractivity (Wildman–Crippen MR) is 83.6 cm³/mol. The van der Waals surface area contributed by atoms with Crippen molar-refractivity contribution in [3.05, 3.63) is 29.3 Å². The molecule has 0 radical (unpaired) electrons. The zero-order valence-electron chi connectivity index (χ0n) is 13.1. The molecule has 20 heavy (non-hydrogen) atoms. The Morgan fingerprint density at radius 1 is 1.35 bits per heavy atom. The second-order valence-electron chi connectivity index (χ2n) is 6.04. The summed E-state index contributed by atoms with van der Waals surface area (Å²) >= 11 is 0. The molecule has 1 atom stereocenters. The van der Waals surface area contributed by atoms with Gasteiger partial charge in [-0.05, 0) is 45.0 Å². The molecule has 0 spiro atoms. The van der Waals surface area contributed by atoms with E-state index in [0.717, 1.165) is 24.2 Å². The Kier molecular flexibility index (Phi) is 6.02. The SMILES string of the molecule is Cc1cccc(C(=O)O)c1NC(CC(C)C)CN(C)C. The van der Waals surface area contributed by atoms with Gasteiger partial charge < -0.3 is 15.3 Å². The number of anilines is 1. The highest BCUT2D eigenvalue weighted by Crippen LogP contribution is 2.23. The number of aryl methyl sites for hydroxylation is 1. The van der Waals surface area contributed by atoms with Gasteiger partial charge in [-0.1, -0.05) is 26.0 Å². The van der Waals surface area contributed by atoms with Gasteiger partial charge in [-0.15, -0.1) is 0 Å². The van der Waals surface area contributed by atoms with E-state index in [1.165, 1.54) is 0 Å². The molecule has 1 aromatic rings. The quantitative estimate of drug-likeness (QED) is 0.805. The number of hydrogen-bond acceptors (Lipinski definition) is 3. The second kappa shape index (κ2) is 7.29. The van der Waals surface area contributed by atoms with Gasteiger partial charge in [-0.2, -0.15) is 0 Å². The molecule has 2 N–H and O–H groups in total. The molecule has 112 valence electrons. The van der Waals surface area contributed by atoms with Crippen LogP contribution in [0.4, 0.5) is 5.69 Å². The third-order valence-corrected chi connectivity index (χ3v) is 3.19. The number of nitrogens with zero attached hydrogens (tertiary/aromatic N) is 1. The van der Waals surface area contributed by atoms with Crippen molar-refractivity contribution in [1.82, 2.24) is 4.90 Å². The van der Waals surface area contributed by atoms with Crippen LogP contribution in [0.25, 0.3) is 0 Å². The molecule has 1 rings (SSSR count). The summed E-state index contributed by atoms with van der Waals surface area (Å²) in [6.45, 7) is 7.18. The topological polar surface area (TPSA) is 52.6 Å². The molecule has 0 fully saturated rings. The van der Waals surface area contributed by atoms with Crippen LogP contribution >= 0.6 is 0 Å². The van der Waals surface area contributed by atoms with Gasteiger partial charge in [0.2, 0.25) is 0 Å². The average Bonchev–Trinajstić information content (AvgIpc) is 2.29. The largest absolute Gasteiger partial charge is 0.478 e. The number of carbonyl (C=O) groups is 1. The zero-order chi connectivity index (χ0) is 15.3. The van der Waals surface area contributed by atoms with Crippen molar-refractivity contribution in [3.8, 4) is 0 Å². The zero-order valence-corrected chi connectivity index (χ0v) is 13.1. The average molecular weight is 278 g/mol. The smallest absolute Gasteiger partial charge is 0.337 e. The summed E-state index contributed by atoms with van der Waals surface area (Å²) < 4.78 is 0. The van der Waals surface area contributed by atoms with Crippen molar-refractivity contribution in [1.29, 1.82) is 0 Å². The molecule has 4 heteroatoms. The molecule has 0 bridgehead atoms. The van der Waals surface area contributed by atoms with Gasteiger partial charge in [0, 0.05) is 12.6 Å². The molecule has 0 aliphatic carbocycles. The van der Waals surface area contributed by atoms with E-state index in [9.17, 15) is 9.90 Å². The first-order chi connectivity index (χ1) is 9.31. The molecule has 0 aliphatic heterocycles. The van der Waals surface area contributed by atoms with Crippen molar-refractivity contribution in [2.75, 3.05) is 26.0 Å². The van der Waals surface area contributed by atoms with Crippen molar-refractivity contribution in [2.45, 2.75) is 33.2 Å². The Morgan fingerprint density at radius 3 is 2.50 bits per heavy atom. The minimum Gasteiger partial charge on any atom is -0.478 e. The number of likely N-dealkylation sites (N-methyl/N-ethyl adjacent to an activating group) is 1. The molecular formula is C16H26N2O2. The normalized spacial score (nSPS) is 12.8. The van der Waals surface area contributed by atoms with Crippen LogP contribution in [-0.2, 0) is 0 Å². The van der Waals surface area contributed by atoms with Gasteiger partial charge in [-0.3, -0.25) is 0 Å². The van der Waals surface area contributed by atoms with Crippen molar-refractivity contribution >= 4 is 11.7 Å². The molecule has 0 aliphatic rings. The fourth-order valence-electron chi connectivity index (χ4n) is 2.43. The van der Waals surface area contributed by atoms with E-state index < -0.39 is 5.97 Å². The lowest BCUT2D eigenvalue weighted by atomic mass is 10.0. The number of carboxylic acids is 1. The molecule has 0 heterocycles. The monoisotopic (exact) mass is 278 g/mol. The second-order valence-corrected chi connectivity index (χ2v) is 6.04. The number of carboxylic acid groups (broad SMARTS) is 1. The summed E-state index contributed by atoms with van der Waals surface area (Å²) in [6.07, 6.45) is 1.01. The summed E-state index contributed by atoms with van der Waals surface area (Å²) in [6, 6.07) is 5.62. The maximum Gasteiger partial charge on any atom is 0.337 e. The van der Waals surface area contributed by atoms with E-state index in [1.54, 1.807) is 12.1 Å². The standard InChI is InChI=1S/C16H26N2O2/c1-11(2)9-13(10-18(4)5)17-15-12(3)7-6-8-14(15)16(19)20/h6-8,11,13,17H,9-10H2,1-5H3,(H,19,20). The molecule has 0 aromatic heterocycles. The number of hydrogen-bond donors (Lipinski definition) is 2. The summed E-state index contributed by atoms with van der Waals surface area (Å²) in [5.74, 6) is -0.325. The lowest BCUT2D eigenvalue weighted by molar-refractivity contribution is 0.0698. The van der Waals surface area contributed by atoms with Gasteiger partial charge in [0.05, 0.1) is 11.3 Å². The highest BCUT2D eigenvalue weighted by atomic mass is 16.4. The van der Waals surface area contributed by atoms with E-state index in [-0.39, 0.29) is 6.04 Å². The third kappa shape index (κ3) is 4.85. The summed E-state index contributed by atoms with van der Waals surface area (Å²) in [7, 11) is 4.07. The van der Waals surface area contributed by atoms with Gasteiger partial charge in [0.15, 0.2) is 0 Å². The fraction of sp³-hybridized carbons (Fsp3) is 0.562. The van der Waals surface area contributed by atoms with Crippen LogP contribution in [0.15, 0.2) is 18.2 Å². The molecule has 1 unspecified atom stereocenters. The van der Waals surface area contributed by atoms with Crippen molar-refractivity contribution in [2.24, 2.45) is 5.92 Å². The Bertz CT molecular complexity index is 446. The van der Waals surface area contributed by atoms with Crippen molar-refractivity contribution in [3.63, 3.8) is 0 Å². The van der Waals surface area contributed by atoms with E-state index in [2.05, 4.69) is 24.1 Å². The minimum atomic E-state index is -0.885. The van der Waals surface area contributed by atoms with Gasteiger partial charge in [-0.25, -0.2) is 4.79 Å². The maximum atomic E-state index is 11.3. The minimum absolute atomic E-state index is 0.240. The van der Waals surface area contributed by atoms with E-state index in [0.29, 0.717) is 11.5 Å². The molecule has 0 saturated carbocycles. The molecular weight excluding hydrogens is 252 g/mol. The van der Waals surface area contributed by atoms with Gasteiger partial charge >= 0.3 is 5.97 Å². The first-order valence-electron chi connectivity index (χ1n) is 7.05. The molecule has 0 amide bonds. The summed E-state index contributed by atoms with van der Waals surface area (Å²) in [4.78, 5) is 13.5. The van der Waals surface area contributed by atoms with Crippen LogP contribution in [0.3, 0.4) is 0 Å². The Hall–Kier alpha value is -1.55. The van der Waals surface area contributed by atoms with Gasteiger partial charge in [0.25, 0.3) is 0 Å². The van der Waals surface area contributed by atoms with Crippen LogP contribution in [0.5, 0.6) is 0 Å².